The van der Waals surface area contributed by atoms with Gasteiger partial charge in [0, 0.05) is 32.8 Å². The van der Waals surface area contributed by atoms with Crippen LogP contribution in [0.3, 0.4) is 0 Å². The van der Waals surface area contributed by atoms with Gasteiger partial charge in [0.1, 0.15) is 5.75 Å². The van der Waals surface area contributed by atoms with Gasteiger partial charge in [-0.3, -0.25) is 4.79 Å². The Bertz CT molecular complexity index is 530. The van der Waals surface area contributed by atoms with Crippen molar-refractivity contribution < 1.29 is 14.3 Å². The van der Waals surface area contributed by atoms with Gasteiger partial charge in [0.25, 0.3) is 0 Å². The molecule has 0 aromatic heterocycles. The lowest BCUT2D eigenvalue weighted by Gasteiger charge is -2.26. The largest absolute Gasteiger partial charge is 0.494 e. The fourth-order valence-corrected chi connectivity index (χ4v) is 3.26. The maximum atomic E-state index is 13.0. The van der Waals surface area contributed by atoms with E-state index in [1.54, 1.807) is 7.11 Å². The first-order chi connectivity index (χ1) is 12.0. The van der Waals surface area contributed by atoms with Crippen LogP contribution in [-0.2, 0) is 16.1 Å². The molecule has 0 radical (unpaired) electrons. The minimum atomic E-state index is 0.0990. The molecule has 1 aliphatic heterocycles. The van der Waals surface area contributed by atoms with Crippen LogP contribution in [0.4, 0.5) is 0 Å². The van der Waals surface area contributed by atoms with Gasteiger partial charge in [0.15, 0.2) is 0 Å². The number of rotatable bonds is 9. The summed E-state index contributed by atoms with van der Waals surface area (Å²) < 4.78 is 10.7. The lowest BCUT2D eigenvalue weighted by atomic mass is 10.1. The van der Waals surface area contributed by atoms with Gasteiger partial charge in [-0.1, -0.05) is 12.1 Å². The van der Waals surface area contributed by atoms with E-state index in [4.69, 9.17) is 9.47 Å². The van der Waals surface area contributed by atoms with Crippen molar-refractivity contribution in [3.05, 3.63) is 29.8 Å². The number of nitrogens with zero attached hydrogens (tertiary/aromatic N) is 2. The molecule has 1 unspecified atom stereocenters. The molecular weight excluding hydrogens is 316 g/mol. The van der Waals surface area contributed by atoms with Crippen molar-refractivity contribution in [2.24, 2.45) is 5.92 Å². The van der Waals surface area contributed by atoms with Crippen LogP contribution >= 0.6 is 0 Å². The molecule has 2 rings (SSSR count). The third kappa shape index (κ3) is 5.72. The van der Waals surface area contributed by atoms with Crippen molar-refractivity contribution in [1.82, 2.24) is 9.80 Å². The highest BCUT2D eigenvalue weighted by molar-refractivity contribution is 5.79. The first kappa shape index (κ1) is 19.7. The Hall–Kier alpha value is -1.59. The first-order valence-electron chi connectivity index (χ1n) is 9.28. The summed E-state index contributed by atoms with van der Waals surface area (Å²) >= 11 is 0. The number of benzene rings is 1. The number of ether oxygens (including phenoxy) is 2. The highest BCUT2D eigenvalue weighted by Crippen LogP contribution is 2.22. The number of carbonyl (C=O) groups excluding carboxylic acids is 1. The maximum Gasteiger partial charge on any atom is 0.227 e. The van der Waals surface area contributed by atoms with Gasteiger partial charge in [-0.2, -0.15) is 0 Å². The van der Waals surface area contributed by atoms with Crippen LogP contribution in [0.15, 0.2) is 24.3 Å². The van der Waals surface area contributed by atoms with E-state index in [1.807, 2.05) is 36.1 Å². The molecule has 1 saturated heterocycles. The monoisotopic (exact) mass is 348 g/mol. The van der Waals surface area contributed by atoms with Gasteiger partial charge < -0.3 is 19.3 Å². The average molecular weight is 348 g/mol. The van der Waals surface area contributed by atoms with Crippen LogP contribution in [-0.4, -0.2) is 61.7 Å². The van der Waals surface area contributed by atoms with Gasteiger partial charge in [-0.25, -0.2) is 0 Å². The second-order valence-corrected chi connectivity index (χ2v) is 6.90. The Morgan fingerprint density at radius 2 is 2.04 bits per heavy atom. The summed E-state index contributed by atoms with van der Waals surface area (Å²) in [6.45, 7) is 10.7. The lowest BCUT2D eigenvalue weighted by molar-refractivity contribution is -0.136. The summed E-state index contributed by atoms with van der Waals surface area (Å²) in [5.74, 6) is 1.21. The number of hydrogen-bond acceptors (Lipinski definition) is 4. The zero-order valence-corrected chi connectivity index (χ0v) is 16.0. The summed E-state index contributed by atoms with van der Waals surface area (Å²) in [6.07, 6.45) is 0.948. The van der Waals surface area contributed by atoms with E-state index < -0.39 is 0 Å². The molecule has 1 aliphatic rings. The summed E-state index contributed by atoms with van der Waals surface area (Å²) in [4.78, 5) is 17.3. The van der Waals surface area contributed by atoms with E-state index in [0.717, 1.165) is 30.8 Å². The number of hydrogen-bond donors (Lipinski definition) is 0. The Labute approximate surface area is 151 Å². The molecule has 0 N–H and O–H groups in total. The van der Waals surface area contributed by atoms with Crippen LogP contribution in [0.2, 0.25) is 0 Å². The fourth-order valence-electron chi connectivity index (χ4n) is 3.26. The number of likely N-dealkylation sites (tertiary alicyclic amines) is 1. The smallest absolute Gasteiger partial charge is 0.227 e. The lowest BCUT2D eigenvalue weighted by Crippen LogP contribution is -2.39. The van der Waals surface area contributed by atoms with E-state index in [9.17, 15) is 4.79 Å². The highest BCUT2D eigenvalue weighted by Gasteiger charge is 2.32. The van der Waals surface area contributed by atoms with Crippen molar-refractivity contribution in [1.29, 1.82) is 0 Å². The molecule has 1 aromatic rings. The molecule has 25 heavy (non-hydrogen) atoms. The molecule has 5 nitrogen and oxygen atoms in total. The van der Waals surface area contributed by atoms with Gasteiger partial charge in [0.2, 0.25) is 5.91 Å². The summed E-state index contributed by atoms with van der Waals surface area (Å²) in [5, 5.41) is 0. The number of amides is 1. The third-order valence-electron chi connectivity index (χ3n) is 4.78. The summed E-state index contributed by atoms with van der Waals surface area (Å²) in [6, 6.07) is 8.50. The number of methoxy groups -OCH3 is 1. The van der Waals surface area contributed by atoms with Gasteiger partial charge in [-0.15, -0.1) is 0 Å². The summed E-state index contributed by atoms with van der Waals surface area (Å²) in [7, 11) is 1.68. The fraction of sp³-hybridized carbons (Fsp3) is 0.650. The molecule has 1 heterocycles. The van der Waals surface area contributed by atoms with Gasteiger partial charge >= 0.3 is 0 Å². The second kappa shape index (κ2) is 9.78. The van der Waals surface area contributed by atoms with Crippen LogP contribution in [0.5, 0.6) is 5.75 Å². The Morgan fingerprint density at radius 3 is 2.60 bits per heavy atom. The minimum Gasteiger partial charge on any atom is -0.494 e. The predicted molar refractivity (Wildman–Crippen MR) is 99.7 cm³/mol. The Morgan fingerprint density at radius 1 is 1.32 bits per heavy atom. The van der Waals surface area contributed by atoms with Crippen LogP contribution in [0, 0.1) is 5.92 Å². The average Bonchev–Trinajstić information content (AvgIpc) is 3.10. The standard InChI is InChI=1S/C20H32N2O3/c1-5-25-19-8-6-17(7-9-19)14-22(12-13-24-4)20(23)18-10-11-21(15-18)16(2)3/h6-9,16,18H,5,10-15H2,1-4H3. The second-order valence-electron chi connectivity index (χ2n) is 6.90. The SMILES string of the molecule is CCOc1ccc(CN(CCOC)C(=O)C2CCN(C(C)C)C2)cc1. The van der Waals surface area contributed by atoms with Crippen molar-refractivity contribution in [3.8, 4) is 5.75 Å². The van der Waals surface area contributed by atoms with E-state index in [1.165, 1.54) is 0 Å². The van der Waals surface area contributed by atoms with Crippen LogP contribution in [0.1, 0.15) is 32.8 Å². The van der Waals surface area contributed by atoms with Crippen LogP contribution in [0.25, 0.3) is 0 Å². The van der Waals surface area contributed by atoms with E-state index in [-0.39, 0.29) is 11.8 Å². The van der Waals surface area contributed by atoms with E-state index in [2.05, 4.69) is 18.7 Å². The Kier molecular flexibility index (Phi) is 7.72. The van der Waals surface area contributed by atoms with Crippen molar-refractivity contribution in [2.75, 3.05) is 40.0 Å². The van der Waals surface area contributed by atoms with Crippen molar-refractivity contribution in [3.63, 3.8) is 0 Å². The minimum absolute atomic E-state index is 0.0990. The van der Waals surface area contributed by atoms with Gasteiger partial charge in [0.05, 0.1) is 19.1 Å². The molecule has 1 fully saturated rings. The van der Waals surface area contributed by atoms with Crippen LogP contribution < -0.4 is 4.74 Å². The highest BCUT2D eigenvalue weighted by atomic mass is 16.5. The molecule has 5 heteroatoms. The normalized spacial score (nSPS) is 17.9. The zero-order valence-electron chi connectivity index (χ0n) is 16.0. The molecule has 1 atom stereocenters. The predicted octanol–water partition coefficient (Wildman–Crippen LogP) is 2.79. The summed E-state index contributed by atoms with van der Waals surface area (Å²) in [5.41, 5.74) is 1.12. The van der Waals surface area contributed by atoms with Crippen molar-refractivity contribution >= 4 is 5.91 Å². The molecule has 0 bridgehead atoms. The third-order valence-corrected chi connectivity index (χ3v) is 4.78. The molecule has 0 saturated carbocycles. The molecule has 1 amide bonds. The zero-order chi connectivity index (χ0) is 18.2. The first-order valence-corrected chi connectivity index (χ1v) is 9.28. The molecule has 1 aromatic carbocycles. The van der Waals surface area contributed by atoms with E-state index in [0.29, 0.717) is 32.3 Å². The topological polar surface area (TPSA) is 42.0 Å². The van der Waals surface area contributed by atoms with Crippen molar-refractivity contribution in [2.45, 2.75) is 39.8 Å². The maximum absolute atomic E-state index is 13.0. The van der Waals surface area contributed by atoms with E-state index >= 15 is 0 Å². The molecule has 0 spiro atoms. The Balaban J connectivity index is 2.01. The number of carbonyl (C=O) groups is 1. The molecule has 140 valence electrons. The molecule has 0 aliphatic carbocycles. The quantitative estimate of drug-likeness (QED) is 0.688. The molecular formula is C20H32N2O3. The van der Waals surface area contributed by atoms with Gasteiger partial charge in [-0.05, 0) is 51.4 Å².